The molecule has 12 heavy (non-hydrogen) atoms. The van der Waals surface area contributed by atoms with Gasteiger partial charge in [0.2, 0.25) is 0 Å². The number of nitrogens with zero attached hydrogens (tertiary/aromatic N) is 2. The minimum atomic E-state index is -0.411. The van der Waals surface area contributed by atoms with Gasteiger partial charge in [0.15, 0.2) is 0 Å². The van der Waals surface area contributed by atoms with Crippen LogP contribution in [-0.4, -0.2) is 15.4 Å². The van der Waals surface area contributed by atoms with E-state index in [0.29, 0.717) is 11.3 Å². The number of benzene rings is 1. The van der Waals surface area contributed by atoms with Crippen molar-refractivity contribution in [2.45, 2.75) is 0 Å². The molecule has 0 fully saturated rings. The predicted octanol–water partition coefficient (Wildman–Crippen LogP) is 1.41. The van der Waals surface area contributed by atoms with E-state index < -0.39 is 5.82 Å². The zero-order valence-electron chi connectivity index (χ0n) is 6.08. The van der Waals surface area contributed by atoms with E-state index in [0.717, 1.165) is 0 Å². The zero-order chi connectivity index (χ0) is 8.39. The summed E-state index contributed by atoms with van der Waals surface area (Å²) in [5, 5.41) is 9.68. The molecule has 0 spiro atoms. The lowest BCUT2D eigenvalue weighted by atomic mass is 10.1. The van der Waals surface area contributed by atoms with E-state index in [1.807, 2.05) is 0 Å². The first kappa shape index (κ1) is 6.97. The summed E-state index contributed by atoms with van der Waals surface area (Å²) in [6.45, 7) is 0. The molecule has 0 saturated heterocycles. The van der Waals surface area contributed by atoms with Crippen LogP contribution in [0.4, 0.5) is 4.39 Å². The molecule has 4 heteroatoms. The van der Waals surface area contributed by atoms with Gasteiger partial charge in [-0.15, -0.1) is 5.10 Å². The van der Waals surface area contributed by atoms with Crippen LogP contribution in [0, 0.1) is 11.9 Å². The number of nitrogens with one attached hydrogen (secondary N) is 1. The zero-order valence-corrected chi connectivity index (χ0v) is 6.08. The van der Waals surface area contributed by atoms with Crippen molar-refractivity contribution in [1.82, 2.24) is 15.4 Å². The van der Waals surface area contributed by atoms with E-state index in [1.54, 1.807) is 12.1 Å². The first-order valence-electron chi connectivity index (χ1n) is 3.41. The van der Waals surface area contributed by atoms with Gasteiger partial charge in [-0.2, -0.15) is 0 Å². The standard InChI is InChI=1S/C8H5FN3/c9-7-4-2-1-3-6(7)8-5-10-12-11-8/h1-3,5H,(H,10,11,12). The molecule has 1 aromatic carbocycles. The van der Waals surface area contributed by atoms with Crippen LogP contribution in [-0.2, 0) is 0 Å². The number of halogens is 1. The summed E-state index contributed by atoms with van der Waals surface area (Å²) in [7, 11) is 0. The van der Waals surface area contributed by atoms with Gasteiger partial charge in [0, 0.05) is 11.6 Å². The highest BCUT2D eigenvalue weighted by Gasteiger charge is 2.05. The van der Waals surface area contributed by atoms with Crippen molar-refractivity contribution in [3.05, 3.63) is 36.3 Å². The minimum Gasteiger partial charge on any atom is -0.265 e. The van der Waals surface area contributed by atoms with Gasteiger partial charge >= 0.3 is 0 Å². The molecule has 0 atom stereocenters. The summed E-state index contributed by atoms with van der Waals surface area (Å²) in [6.07, 6.45) is 1.53. The van der Waals surface area contributed by atoms with E-state index in [1.165, 1.54) is 12.3 Å². The molecule has 1 heterocycles. The fraction of sp³-hybridized carbons (Fsp3) is 0. The van der Waals surface area contributed by atoms with Gasteiger partial charge in [0.25, 0.3) is 0 Å². The maximum absolute atomic E-state index is 13.0. The number of aromatic nitrogens is 3. The highest BCUT2D eigenvalue weighted by molar-refractivity contribution is 5.57. The molecule has 0 unspecified atom stereocenters. The molecule has 0 aliphatic rings. The summed E-state index contributed by atoms with van der Waals surface area (Å²) >= 11 is 0. The molecule has 0 amide bonds. The van der Waals surface area contributed by atoms with Gasteiger partial charge in [0.1, 0.15) is 11.5 Å². The number of hydrogen-bond acceptors (Lipinski definition) is 2. The third-order valence-corrected chi connectivity index (χ3v) is 1.50. The van der Waals surface area contributed by atoms with Gasteiger partial charge in [0.05, 0.1) is 6.20 Å². The van der Waals surface area contributed by atoms with Crippen molar-refractivity contribution in [3.63, 3.8) is 0 Å². The summed E-state index contributed by atoms with van der Waals surface area (Å²) in [5.41, 5.74) is 0.899. The topological polar surface area (TPSA) is 41.6 Å². The van der Waals surface area contributed by atoms with Crippen molar-refractivity contribution < 1.29 is 4.39 Å². The van der Waals surface area contributed by atoms with E-state index in [4.69, 9.17) is 0 Å². The van der Waals surface area contributed by atoms with Crippen molar-refractivity contribution in [3.8, 4) is 11.3 Å². The van der Waals surface area contributed by atoms with Crippen molar-refractivity contribution in [1.29, 1.82) is 0 Å². The second-order valence-corrected chi connectivity index (χ2v) is 2.26. The molecule has 1 radical (unpaired) electrons. The van der Waals surface area contributed by atoms with Crippen LogP contribution in [0.2, 0.25) is 0 Å². The Morgan fingerprint density at radius 1 is 1.50 bits per heavy atom. The lowest BCUT2D eigenvalue weighted by Crippen LogP contribution is -1.83. The maximum atomic E-state index is 13.0. The van der Waals surface area contributed by atoms with Crippen molar-refractivity contribution in [2.24, 2.45) is 0 Å². The van der Waals surface area contributed by atoms with Crippen LogP contribution >= 0.6 is 0 Å². The molecule has 0 aliphatic heterocycles. The molecule has 2 aromatic rings. The lowest BCUT2D eigenvalue weighted by Gasteiger charge is -1.94. The fourth-order valence-corrected chi connectivity index (χ4v) is 0.948. The van der Waals surface area contributed by atoms with Crippen LogP contribution in [0.5, 0.6) is 0 Å². The molecule has 3 nitrogen and oxygen atoms in total. The average molecular weight is 162 g/mol. The molecule has 0 bridgehead atoms. The van der Waals surface area contributed by atoms with Crippen LogP contribution in [0.15, 0.2) is 24.4 Å². The third-order valence-electron chi connectivity index (χ3n) is 1.50. The Labute approximate surface area is 68.2 Å². The molecule has 1 aromatic heterocycles. The molecule has 59 valence electrons. The predicted molar refractivity (Wildman–Crippen MR) is 40.6 cm³/mol. The third kappa shape index (κ3) is 1.07. The number of H-pyrrole nitrogens is 1. The first-order chi connectivity index (χ1) is 5.88. The second kappa shape index (κ2) is 2.73. The summed E-state index contributed by atoms with van der Waals surface area (Å²) in [4.78, 5) is 0. The minimum absolute atomic E-state index is 0.409. The first-order valence-corrected chi connectivity index (χ1v) is 3.41. The number of rotatable bonds is 1. The molecular weight excluding hydrogens is 157 g/mol. The number of hydrogen-bond donors (Lipinski definition) is 1. The van der Waals surface area contributed by atoms with E-state index in [9.17, 15) is 4.39 Å². The fourth-order valence-electron chi connectivity index (χ4n) is 0.948. The lowest BCUT2D eigenvalue weighted by molar-refractivity contribution is 0.628. The van der Waals surface area contributed by atoms with Crippen LogP contribution in [0.1, 0.15) is 0 Å². The highest BCUT2D eigenvalue weighted by Crippen LogP contribution is 2.17. The number of aromatic amines is 1. The summed E-state index contributed by atoms with van der Waals surface area (Å²) in [5.74, 6) is -0.411. The quantitative estimate of drug-likeness (QED) is 0.688. The van der Waals surface area contributed by atoms with Gasteiger partial charge < -0.3 is 0 Å². The Kier molecular flexibility index (Phi) is 1.59. The summed E-state index contributed by atoms with van der Waals surface area (Å²) < 4.78 is 13.0. The highest BCUT2D eigenvalue weighted by atomic mass is 19.1. The largest absolute Gasteiger partial charge is 0.265 e. The van der Waals surface area contributed by atoms with E-state index in [-0.39, 0.29) is 0 Å². The molecule has 0 aliphatic carbocycles. The molecular formula is C8H5FN3. The van der Waals surface area contributed by atoms with Gasteiger partial charge in [-0.3, -0.25) is 5.10 Å². The van der Waals surface area contributed by atoms with Gasteiger partial charge in [-0.1, -0.05) is 17.3 Å². The SMILES string of the molecule is Fc1[c]cccc1-c1c[nH]nn1. The Morgan fingerprint density at radius 3 is 3.08 bits per heavy atom. The van der Waals surface area contributed by atoms with Crippen LogP contribution in [0.3, 0.4) is 0 Å². The monoisotopic (exact) mass is 162 g/mol. The van der Waals surface area contributed by atoms with Crippen molar-refractivity contribution in [2.75, 3.05) is 0 Å². The van der Waals surface area contributed by atoms with Gasteiger partial charge in [-0.25, -0.2) is 4.39 Å². The molecule has 2 rings (SSSR count). The molecule has 1 N–H and O–H groups in total. The maximum Gasteiger partial charge on any atom is 0.140 e. The Bertz CT molecular complexity index is 370. The summed E-state index contributed by atoms with van der Waals surface area (Å²) in [6, 6.07) is 7.28. The Hall–Kier alpha value is -1.71. The smallest absolute Gasteiger partial charge is 0.140 e. The van der Waals surface area contributed by atoms with Crippen LogP contribution in [0.25, 0.3) is 11.3 Å². The second-order valence-electron chi connectivity index (χ2n) is 2.26. The average Bonchev–Trinajstić information content (AvgIpc) is 2.57. The van der Waals surface area contributed by atoms with Gasteiger partial charge in [-0.05, 0) is 6.07 Å². The normalized spacial score (nSPS) is 10.1. The van der Waals surface area contributed by atoms with Crippen molar-refractivity contribution >= 4 is 0 Å². The Balaban J connectivity index is 2.55. The van der Waals surface area contributed by atoms with E-state index in [2.05, 4.69) is 21.5 Å². The van der Waals surface area contributed by atoms with E-state index >= 15 is 0 Å². The van der Waals surface area contributed by atoms with Crippen LogP contribution < -0.4 is 0 Å². The molecule has 0 saturated carbocycles. The Morgan fingerprint density at radius 2 is 2.42 bits per heavy atom.